The summed E-state index contributed by atoms with van der Waals surface area (Å²) in [6.07, 6.45) is 1.58. The first kappa shape index (κ1) is 8.30. The summed E-state index contributed by atoms with van der Waals surface area (Å²) >= 11 is 0. The van der Waals surface area contributed by atoms with Crippen LogP contribution in [0.4, 0.5) is 0 Å². The van der Waals surface area contributed by atoms with Crippen molar-refractivity contribution in [3.05, 3.63) is 24.2 Å². The minimum atomic E-state index is -0.318. The molecule has 0 bridgehead atoms. The highest BCUT2D eigenvalue weighted by Crippen LogP contribution is 2.13. The Kier molecular flexibility index (Phi) is 2.30. The fraction of sp³-hybridized carbons (Fsp3) is 0.444. The molecule has 13 heavy (non-hydrogen) atoms. The normalized spacial score (nSPS) is 19.0. The molecule has 1 aliphatic heterocycles. The van der Waals surface area contributed by atoms with E-state index in [-0.39, 0.29) is 6.04 Å². The van der Waals surface area contributed by atoms with Gasteiger partial charge in [0, 0.05) is 19.1 Å². The molecule has 0 spiro atoms. The Balaban J connectivity index is 1.98. The van der Waals surface area contributed by atoms with Crippen molar-refractivity contribution in [1.82, 2.24) is 10.6 Å². The van der Waals surface area contributed by atoms with Crippen LogP contribution in [0.15, 0.2) is 22.8 Å². The minimum Gasteiger partial charge on any atom is -0.467 e. The van der Waals surface area contributed by atoms with Crippen molar-refractivity contribution in [3.63, 3.8) is 0 Å². The standard InChI is InChI=1S/C9H11N3O/c10-4-8(9-2-1-3-13-9)12-7-5-11-6-7/h1-3,7-8,11-12H,5-6H2/t8-/m0/s1. The molecule has 0 saturated carbocycles. The number of nitrogens with zero attached hydrogens (tertiary/aromatic N) is 1. The van der Waals surface area contributed by atoms with E-state index >= 15 is 0 Å². The van der Waals surface area contributed by atoms with E-state index < -0.39 is 0 Å². The number of nitrogens with one attached hydrogen (secondary N) is 2. The highest BCUT2D eigenvalue weighted by Gasteiger charge is 2.22. The van der Waals surface area contributed by atoms with E-state index in [9.17, 15) is 0 Å². The number of hydrogen-bond acceptors (Lipinski definition) is 4. The molecule has 2 heterocycles. The average Bonchev–Trinajstić information content (AvgIpc) is 2.55. The lowest BCUT2D eigenvalue weighted by Crippen LogP contribution is -2.55. The number of hydrogen-bond donors (Lipinski definition) is 2. The maximum Gasteiger partial charge on any atom is 0.154 e. The van der Waals surface area contributed by atoms with Gasteiger partial charge in [-0.3, -0.25) is 5.32 Å². The summed E-state index contributed by atoms with van der Waals surface area (Å²) in [7, 11) is 0. The lowest BCUT2D eigenvalue weighted by Gasteiger charge is -2.29. The molecule has 4 heteroatoms. The Hall–Kier alpha value is -1.31. The summed E-state index contributed by atoms with van der Waals surface area (Å²) in [4.78, 5) is 0. The molecule has 0 unspecified atom stereocenters. The Morgan fingerprint density at radius 1 is 1.69 bits per heavy atom. The van der Waals surface area contributed by atoms with Gasteiger partial charge in [-0.25, -0.2) is 0 Å². The monoisotopic (exact) mass is 177 g/mol. The SMILES string of the molecule is N#C[C@H](NC1CNC1)c1ccco1. The second kappa shape index (κ2) is 3.60. The molecule has 2 N–H and O–H groups in total. The van der Waals surface area contributed by atoms with Crippen LogP contribution in [0.5, 0.6) is 0 Å². The first-order valence-electron chi connectivity index (χ1n) is 4.30. The van der Waals surface area contributed by atoms with Crippen molar-refractivity contribution in [2.24, 2.45) is 0 Å². The predicted octanol–water partition coefficient (Wildman–Crippen LogP) is 0.406. The van der Waals surface area contributed by atoms with E-state index in [0.29, 0.717) is 11.8 Å². The van der Waals surface area contributed by atoms with Gasteiger partial charge in [0.2, 0.25) is 0 Å². The third kappa shape index (κ3) is 1.72. The Bertz CT molecular complexity index is 297. The van der Waals surface area contributed by atoms with E-state index in [1.807, 2.05) is 6.07 Å². The lowest BCUT2D eigenvalue weighted by molar-refractivity contribution is 0.332. The zero-order valence-electron chi connectivity index (χ0n) is 7.16. The molecular formula is C9H11N3O. The first-order valence-corrected chi connectivity index (χ1v) is 4.30. The molecule has 1 aliphatic rings. The van der Waals surface area contributed by atoms with Gasteiger partial charge in [0.1, 0.15) is 5.76 Å². The number of rotatable bonds is 3. The highest BCUT2D eigenvalue weighted by molar-refractivity contribution is 5.13. The molecule has 1 atom stereocenters. The molecule has 2 rings (SSSR count). The Morgan fingerprint density at radius 2 is 2.54 bits per heavy atom. The fourth-order valence-corrected chi connectivity index (χ4v) is 1.28. The highest BCUT2D eigenvalue weighted by atomic mass is 16.3. The largest absolute Gasteiger partial charge is 0.467 e. The second-order valence-corrected chi connectivity index (χ2v) is 3.10. The van der Waals surface area contributed by atoms with Crippen LogP contribution in [0, 0.1) is 11.3 Å². The minimum absolute atomic E-state index is 0.318. The third-order valence-electron chi connectivity index (χ3n) is 2.14. The van der Waals surface area contributed by atoms with E-state index in [0.717, 1.165) is 13.1 Å². The zero-order valence-corrected chi connectivity index (χ0v) is 7.16. The van der Waals surface area contributed by atoms with Crippen LogP contribution in [0.3, 0.4) is 0 Å². The third-order valence-corrected chi connectivity index (χ3v) is 2.14. The van der Waals surface area contributed by atoms with Gasteiger partial charge in [-0.1, -0.05) is 0 Å². The summed E-state index contributed by atoms with van der Waals surface area (Å²) in [5.74, 6) is 0.689. The quantitative estimate of drug-likeness (QED) is 0.701. The molecule has 1 aromatic rings. The van der Waals surface area contributed by atoms with E-state index in [2.05, 4.69) is 16.7 Å². The molecular weight excluding hydrogens is 166 g/mol. The summed E-state index contributed by atoms with van der Waals surface area (Å²) in [5.41, 5.74) is 0. The van der Waals surface area contributed by atoms with Gasteiger partial charge in [0.25, 0.3) is 0 Å². The van der Waals surface area contributed by atoms with Crippen molar-refractivity contribution in [2.75, 3.05) is 13.1 Å². The smallest absolute Gasteiger partial charge is 0.154 e. The maximum absolute atomic E-state index is 8.87. The van der Waals surface area contributed by atoms with Crippen LogP contribution in [-0.2, 0) is 0 Å². The maximum atomic E-state index is 8.87. The van der Waals surface area contributed by atoms with E-state index in [4.69, 9.17) is 9.68 Å². The van der Waals surface area contributed by atoms with Crippen LogP contribution in [0.25, 0.3) is 0 Å². The van der Waals surface area contributed by atoms with Gasteiger partial charge >= 0.3 is 0 Å². The van der Waals surface area contributed by atoms with Crippen molar-refractivity contribution in [3.8, 4) is 6.07 Å². The van der Waals surface area contributed by atoms with Crippen LogP contribution in [0.1, 0.15) is 11.8 Å². The fourth-order valence-electron chi connectivity index (χ4n) is 1.28. The van der Waals surface area contributed by atoms with E-state index in [1.165, 1.54) is 0 Å². The summed E-state index contributed by atoms with van der Waals surface area (Å²) in [6.45, 7) is 1.86. The van der Waals surface area contributed by atoms with Gasteiger partial charge in [0.05, 0.1) is 12.3 Å². The van der Waals surface area contributed by atoms with Crippen molar-refractivity contribution < 1.29 is 4.42 Å². The van der Waals surface area contributed by atoms with Gasteiger partial charge in [-0.15, -0.1) is 0 Å². The molecule has 68 valence electrons. The number of nitriles is 1. The molecule has 4 nitrogen and oxygen atoms in total. The van der Waals surface area contributed by atoms with E-state index in [1.54, 1.807) is 12.3 Å². The van der Waals surface area contributed by atoms with Crippen LogP contribution >= 0.6 is 0 Å². The number of furan rings is 1. The molecule has 0 radical (unpaired) electrons. The Morgan fingerprint density at radius 3 is 3.00 bits per heavy atom. The summed E-state index contributed by atoms with van der Waals surface area (Å²) in [6, 6.07) is 5.86. The summed E-state index contributed by atoms with van der Waals surface area (Å²) < 4.78 is 5.15. The van der Waals surface area contributed by atoms with Crippen molar-refractivity contribution in [1.29, 1.82) is 5.26 Å². The Labute approximate surface area is 76.5 Å². The van der Waals surface area contributed by atoms with Gasteiger partial charge in [-0.2, -0.15) is 5.26 Å². The van der Waals surface area contributed by atoms with Gasteiger partial charge in [0.15, 0.2) is 6.04 Å². The average molecular weight is 177 g/mol. The van der Waals surface area contributed by atoms with Crippen LogP contribution < -0.4 is 10.6 Å². The molecule has 0 aromatic carbocycles. The topological polar surface area (TPSA) is 61.0 Å². The van der Waals surface area contributed by atoms with Gasteiger partial charge in [-0.05, 0) is 12.1 Å². The van der Waals surface area contributed by atoms with Crippen molar-refractivity contribution >= 4 is 0 Å². The zero-order chi connectivity index (χ0) is 9.10. The van der Waals surface area contributed by atoms with Crippen molar-refractivity contribution in [2.45, 2.75) is 12.1 Å². The first-order chi connectivity index (χ1) is 6.40. The lowest BCUT2D eigenvalue weighted by atomic mass is 10.1. The predicted molar refractivity (Wildman–Crippen MR) is 46.9 cm³/mol. The molecule has 0 aliphatic carbocycles. The molecule has 0 amide bonds. The van der Waals surface area contributed by atoms with Crippen LogP contribution in [-0.4, -0.2) is 19.1 Å². The van der Waals surface area contributed by atoms with Crippen LogP contribution in [0.2, 0.25) is 0 Å². The summed E-state index contributed by atoms with van der Waals surface area (Å²) in [5, 5.41) is 15.2. The second-order valence-electron chi connectivity index (χ2n) is 3.10. The molecule has 1 aromatic heterocycles. The molecule has 1 saturated heterocycles. The van der Waals surface area contributed by atoms with Gasteiger partial charge < -0.3 is 9.73 Å². The molecule has 1 fully saturated rings.